The van der Waals surface area contributed by atoms with Crippen LogP contribution >= 0.6 is 12.2 Å². The minimum absolute atomic E-state index is 0.145. The molecule has 0 unspecified atom stereocenters. The maximum absolute atomic E-state index is 11.8. The SMILES string of the molecule is Cn1c(C[C@H]2CCS(=O)(=O)C2)nn(CN(Cc2ccc3ccccc3c2)C2CC2)c1=S. The molecule has 1 atom stereocenters. The van der Waals surface area contributed by atoms with Crippen LogP contribution in [0.15, 0.2) is 42.5 Å². The average molecular weight is 457 g/mol. The first kappa shape index (κ1) is 20.8. The zero-order chi connectivity index (χ0) is 21.6. The van der Waals surface area contributed by atoms with E-state index in [4.69, 9.17) is 17.3 Å². The number of benzene rings is 2. The van der Waals surface area contributed by atoms with Gasteiger partial charge in [-0.2, -0.15) is 5.10 Å². The fourth-order valence-electron chi connectivity index (χ4n) is 4.57. The Kier molecular flexibility index (Phi) is 5.48. The Labute approximate surface area is 188 Å². The van der Waals surface area contributed by atoms with Crippen LogP contribution in [0.3, 0.4) is 0 Å². The van der Waals surface area contributed by atoms with Gasteiger partial charge in [-0.3, -0.25) is 4.90 Å². The summed E-state index contributed by atoms with van der Waals surface area (Å²) >= 11 is 5.67. The second-order valence-electron chi connectivity index (χ2n) is 9.03. The molecule has 5 rings (SSSR count). The van der Waals surface area contributed by atoms with Crippen molar-refractivity contribution < 1.29 is 8.42 Å². The molecule has 1 saturated heterocycles. The third-order valence-electron chi connectivity index (χ3n) is 6.51. The van der Waals surface area contributed by atoms with Gasteiger partial charge in [0.1, 0.15) is 5.82 Å². The summed E-state index contributed by atoms with van der Waals surface area (Å²) in [6, 6.07) is 15.7. The Hall–Kier alpha value is -2.03. The lowest BCUT2D eigenvalue weighted by molar-refractivity contribution is 0.186. The van der Waals surface area contributed by atoms with E-state index in [2.05, 4.69) is 47.4 Å². The van der Waals surface area contributed by atoms with Gasteiger partial charge in [-0.1, -0.05) is 36.4 Å². The fraction of sp³-hybridized carbons (Fsp3) is 0.478. The molecule has 2 aliphatic rings. The first-order valence-corrected chi connectivity index (χ1v) is 13.2. The smallest absolute Gasteiger partial charge is 0.198 e. The van der Waals surface area contributed by atoms with Crippen LogP contribution < -0.4 is 0 Å². The van der Waals surface area contributed by atoms with E-state index in [1.807, 2.05) is 16.3 Å². The summed E-state index contributed by atoms with van der Waals surface area (Å²) in [7, 11) is -0.942. The second-order valence-corrected chi connectivity index (χ2v) is 11.6. The van der Waals surface area contributed by atoms with Crippen LogP contribution in [0.4, 0.5) is 0 Å². The second kappa shape index (κ2) is 8.15. The van der Waals surface area contributed by atoms with Gasteiger partial charge in [0, 0.05) is 26.1 Å². The third-order valence-corrected chi connectivity index (χ3v) is 8.83. The Balaban J connectivity index is 1.33. The van der Waals surface area contributed by atoms with Crippen molar-refractivity contribution in [2.45, 2.75) is 44.9 Å². The molecule has 1 aromatic heterocycles. The minimum atomic E-state index is -2.88. The van der Waals surface area contributed by atoms with Gasteiger partial charge in [0.05, 0.1) is 18.2 Å². The molecule has 0 radical (unpaired) electrons. The fourth-order valence-corrected chi connectivity index (χ4v) is 6.64. The number of rotatable bonds is 7. The van der Waals surface area contributed by atoms with Crippen LogP contribution in [-0.4, -0.2) is 45.2 Å². The van der Waals surface area contributed by atoms with E-state index >= 15 is 0 Å². The van der Waals surface area contributed by atoms with Crippen LogP contribution in [-0.2, 0) is 36.5 Å². The number of hydrogen-bond acceptors (Lipinski definition) is 5. The highest BCUT2D eigenvalue weighted by atomic mass is 32.2. The Bertz CT molecular complexity index is 1270. The monoisotopic (exact) mass is 456 g/mol. The molecule has 0 N–H and O–H groups in total. The maximum atomic E-state index is 11.8. The zero-order valence-corrected chi connectivity index (χ0v) is 19.4. The van der Waals surface area contributed by atoms with Crippen molar-refractivity contribution in [2.24, 2.45) is 13.0 Å². The Morgan fingerprint density at radius 1 is 1.13 bits per heavy atom. The minimum Gasteiger partial charge on any atom is -0.307 e. The van der Waals surface area contributed by atoms with Crippen molar-refractivity contribution in [1.82, 2.24) is 19.2 Å². The highest BCUT2D eigenvalue weighted by Gasteiger charge is 2.31. The number of aromatic nitrogens is 3. The molecule has 31 heavy (non-hydrogen) atoms. The van der Waals surface area contributed by atoms with Crippen LogP contribution in [0.2, 0.25) is 0 Å². The third kappa shape index (κ3) is 4.61. The van der Waals surface area contributed by atoms with Crippen LogP contribution in [0.5, 0.6) is 0 Å². The summed E-state index contributed by atoms with van der Waals surface area (Å²) in [6.45, 7) is 1.52. The topological polar surface area (TPSA) is 60.1 Å². The molecule has 0 amide bonds. The lowest BCUT2D eigenvalue weighted by Gasteiger charge is -2.22. The van der Waals surface area contributed by atoms with Crippen molar-refractivity contribution in [2.75, 3.05) is 11.5 Å². The molecule has 2 aromatic carbocycles. The lowest BCUT2D eigenvalue weighted by atomic mass is 10.1. The van der Waals surface area contributed by atoms with Crippen molar-refractivity contribution in [1.29, 1.82) is 0 Å². The molecular weight excluding hydrogens is 428 g/mol. The van der Waals surface area contributed by atoms with Gasteiger partial charge >= 0.3 is 0 Å². The van der Waals surface area contributed by atoms with Crippen molar-refractivity contribution in [3.63, 3.8) is 0 Å². The molecule has 2 heterocycles. The highest BCUT2D eigenvalue weighted by Crippen LogP contribution is 2.30. The average Bonchev–Trinajstić information content (AvgIpc) is 3.49. The van der Waals surface area contributed by atoms with Crippen LogP contribution in [0, 0.1) is 10.7 Å². The molecule has 6 nitrogen and oxygen atoms in total. The molecule has 164 valence electrons. The molecule has 2 fully saturated rings. The molecule has 0 spiro atoms. The number of fused-ring (bicyclic) bond motifs is 1. The molecule has 1 aliphatic carbocycles. The van der Waals surface area contributed by atoms with E-state index in [0.717, 1.165) is 18.8 Å². The summed E-state index contributed by atoms with van der Waals surface area (Å²) in [5.41, 5.74) is 1.30. The number of sulfone groups is 1. The maximum Gasteiger partial charge on any atom is 0.198 e. The van der Waals surface area contributed by atoms with E-state index < -0.39 is 9.84 Å². The first-order chi connectivity index (χ1) is 14.9. The normalized spacial score (nSPS) is 20.6. The van der Waals surface area contributed by atoms with Gasteiger partial charge < -0.3 is 4.57 Å². The van der Waals surface area contributed by atoms with Crippen molar-refractivity contribution in [3.8, 4) is 0 Å². The summed E-state index contributed by atoms with van der Waals surface area (Å²) in [5.74, 6) is 1.59. The summed E-state index contributed by atoms with van der Waals surface area (Å²) < 4.78 is 28.2. The van der Waals surface area contributed by atoms with Gasteiger partial charge in [0.25, 0.3) is 0 Å². The van der Waals surface area contributed by atoms with Gasteiger partial charge in [0.2, 0.25) is 0 Å². The van der Waals surface area contributed by atoms with Crippen LogP contribution in [0.25, 0.3) is 10.8 Å². The van der Waals surface area contributed by atoms with Gasteiger partial charge in [0.15, 0.2) is 14.6 Å². The first-order valence-electron chi connectivity index (χ1n) is 10.9. The predicted octanol–water partition coefficient (Wildman–Crippen LogP) is 3.70. The van der Waals surface area contributed by atoms with E-state index in [0.29, 0.717) is 29.7 Å². The molecule has 1 saturated carbocycles. The van der Waals surface area contributed by atoms with Gasteiger partial charge in [-0.15, -0.1) is 0 Å². The lowest BCUT2D eigenvalue weighted by Crippen LogP contribution is -2.29. The molecule has 3 aromatic rings. The number of nitrogens with zero attached hydrogens (tertiary/aromatic N) is 4. The Morgan fingerprint density at radius 2 is 1.90 bits per heavy atom. The van der Waals surface area contributed by atoms with E-state index in [1.54, 1.807) is 0 Å². The quantitative estimate of drug-likeness (QED) is 0.508. The van der Waals surface area contributed by atoms with E-state index in [1.165, 1.54) is 29.2 Å². The standard InChI is InChI=1S/C23H28N4O2S2/c1-25-22(13-18-10-11-31(28,29)15-18)24-27(23(25)30)16-26(21-8-9-21)14-17-6-7-19-4-2-3-5-20(19)12-17/h2-7,12,18,21H,8-11,13-16H2,1H3/t18-/m1/s1. The largest absolute Gasteiger partial charge is 0.307 e. The molecule has 1 aliphatic heterocycles. The van der Waals surface area contributed by atoms with Gasteiger partial charge in [-0.25, -0.2) is 13.1 Å². The highest BCUT2D eigenvalue weighted by molar-refractivity contribution is 7.91. The van der Waals surface area contributed by atoms with Crippen molar-refractivity contribution in [3.05, 3.63) is 58.6 Å². The summed E-state index contributed by atoms with van der Waals surface area (Å²) in [4.78, 5) is 2.46. The van der Waals surface area contributed by atoms with Gasteiger partial charge in [-0.05, 0) is 59.8 Å². The summed E-state index contributed by atoms with van der Waals surface area (Å²) in [6.07, 6.45) is 3.81. The van der Waals surface area contributed by atoms with Crippen molar-refractivity contribution >= 4 is 32.8 Å². The zero-order valence-electron chi connectivity index (χ0n) is 17.8. The predicted molar refractivity (Wildman–Crippen MR) is 125 cm³/mol. The van der Waals surface area contributed by atoms with E-state index in [-0.39, 0.29) is 11.7 Å². The summed E-state index contributed by atoms with van der Waals surface area (Å²) in [5, 5.41) is 7.32. The molecule has 8 heteroatoms. The Morgan fingerprint density at radius 3 is 2.61 bits per heavy atom. The number of hydrogen-bond donors (Lipinski definition) is 0. The van der Waals surface area contributed by atoms with Crippen LogP contribution in [0.1, 0.15) is 30.7 Å². The van der Waals surface area contributed by atoms with E-state index in [9.17, 15) is 8.42 Å². The molecular formula is C23H28N4O2S2. The molecule has 0 bridgehead atoms.